The van der Waals surface area contributed by atoms with Crippen molar-refractivity contribution in [1.29, 1.82) is 10.5 Å². The molecule has 1 N–H and O–H groups in total. The lowest BCUT2D eigenvalue weighted by molar-refractivity contribution is 0.627. The third kappa shape index (κ3) is 2.62. The normalized spacial score (nSPS) is 9.47. The molecule has 0 atom stereocenters. The van der Waals surface area contributed by atoms with Crippen LogP contribution < -0.4 is 5.32 Å². The van der Waals surface area contributed by atoms with Crippen LogP contribution in [0, 0.1) is 28.5 Å². The van der Waals surface area contributed by atoms with Gasteiger partial charge in [0.1, 0.15) is 23.0 Å². The van der Waals surface area contributed by atoms with Gasteiger partial charge in [0.15, 0.2) is 5.82 Å². The molecule has 0 unspecified atom stereocenters. The molecule has 0 amide bonds. The SMILES string of the molecule is N#Cc1cc(F)ccc1Nc1nccc(C#N)c1Cl. The Morgan fingerprint density at radius 2 is 1.89 bits per heavy atom. The van der Waals surface area contributed by atoms with Crippen LogP contribution in [0.5, 0.6) is 0 Å². The van der Waals surface area contributed by atoms with Gasteiger partial charge in [0.2, 0.25) is 0 Å². The van der Waals surface area contributed by atoms with E-state index < -0.39 is 5.82 Å². The van der Waals surface area contributed by atoms with Gasteiger partial charge in [0.25, 0.3) is 0 Å². The van der Waals surface area contributed by atoms with Crippen LogP contribution in [0.3, 0.4) is 0 Å². The van der Waals surface area contributed by atoms with E-state index in [1.807, 2.05) is 12.1 Å². The van der Waals surface area contributed by atoms with Gasteiger partial charge < -0.3 is 5.32 Å². The van der Waals surface area contributed by atoms with E-state index >= 15 is 0 Å². The molecule has 4 nitrogen and oxygen atoms in total. The van der Waals surface area contributed by atoms with E-state index in [-0.39, 0.29) is 22.0 Å². The topological polar surface area (TPSA) is 72.5 Å². The number of pyridine rings is 1. The first-order valence-corrected chi connectivity index (χ1v) is 5.54. The minimum atomic E-state index is -0.507. The molecule has 0 aliphatic carbocycles. The number of benzene rings is 1. The second kappa shape index (κ2) is 5.34. The standard InChI is InChI=1S/C13H6ClFN4/c14-12-8(6-16)3-4-18-13(12)19-11-2-1-10(15)5-9(11)7-17/h1-5H,(H,18,19). The maximum absolute atomic E-state index is 13.0. The molecule has 0 bridgehead atoms. The molecule has 92 valence electrons. The molecule has 1 aromatic carbocycles. The highest BCUT2D eigenvalue weighted by molar-refractivity contribution is 6.34. The van der Waals surface area contributed by atoms with Crippen LogP contribution in [0.15, 0.2) is 30.5 Å². The van der Waals surface area contributed by atoms with E-state index in [2.05, 4.69) is 10.3 Å². The van der Waals surface area contributed by atoms with Crippen molar-refractivity contribution in [3.05, 3.63) is 52.4 Å². The zero-order valence-corrected chi connectivity index (χ0v) is 10.2. The maximum atomic E-state index is 13.0. The molecule has 1 heterocycles. The predicted octanol–water partition coefficient (Wildman–Crippen LogP) is 3.36. The lowest BCUT2D eigenvalue weighted by atomic mass is 10.2. The first-order chi connectivity index (χ1) is 9.15. The highest BCUT2D eigenvalue weighted by atomic mass is 35.5. The van der Waals surface area contributed by atoms with E-state index in [1.165, 1.54) is 24.4 Å². The summed E-state index contributed by atoms with van der Waals surface area (Å²) in [6.45, 7) is 0. The Kier molecular flexibility index (Phi) is 3.61. The minimum Gasteiger partial charge on any atom is -0.338 e. The average molecular weight is 273 g/mol. The summed E-state index contributed by atoms with van der Waals surface area (Å²) >= 11 is 5.98. The van der Waals surface area contributed by atoms with Gasteiger partial charge in [-0.05, 0) is 24.3 Å². The van der Waals surface area contributed by atoms with E-state index in [1.54, 1.807) is 0 Å². The highest BCUT2D eigenvalue weighted by Crippen LogP contribution is 2.27. The Balaban J connectivity index is 2.43. The summed E-state index contributed by atoms with van der Waals surface area (Å²) in [5.74, 6) is -0.268. The summed E-state index contributed by atoms with van der Waals surface area (Å²) in [6, 6.07) is 8.99. The molecule has 0 saturated heterocycles. The number of halogens is 2. The van der Waals surface area contributed by atoms with Gasteiger partial charge >= 0.3 is 0 Å². The molecule has 2 rings (SSSR count). The summed E-state index contributed by atoms with van der Waals surface area (Å²) in [5, 5.41) is 20.7. The highest BCUT2D eigenvalue weighted by Gasteiger charge is 2.10. The van der Waals surface area contributed by atoms with E-state index in [4.69, 9.17) is 22.1 Å². The number of anilines is 2. The molecular formula is C13H6ClFN4. The minimum absolute atomic E-state index is 0.125. The summed E-state index contributed by atoms with van der Waals surface area (Å²) in [5.41, 5.74) is 0.758. The Morgan fingerprint density at radius 1 is 1.16 bits per heavy atom. The van der Waals surface area contributed by atoms with Gasteiger partial charge in [0.05, 0.1) is 16.8 Å². The second-order valence-corrected chi connectivity index (χ2v) is 3.94. The van der Waals surface area contributed by atoms with Gasteiger partial charge in [-0.3, -0.25) is 0 Å². The van der Waals surface area contributed by atoms with Crippen LogP contribution in [-0.2, 0) is 0 Å². The lowest BCUT2D eigenvalue weighted by Crippen LogP contribution is -1.98. The number of rotatable bonds is 2. The quantitative estimate of drug-likeness (QED) is 0.910. The first-order valence-electron chi connectivity index (χ1n) is 5.17. The van der Waals surface area contributed by atoms with E-state index in [0.717, 1.165) is 6.07 Å². The van der Waals surface area contributed by atoms with Crippen molar-refractivity contribution >= 4 is 23.1 Å². The fraction of sp³-hybridized carbons (Fsp3) is 0. The Morgan fingerprint density at radius 3 is 2.58 bits per heavy atom. The van der Waals surface area contributed by atoms with Crippen LogP contribution in [0.1, 0.15) is 11.1 Å². The number of hydrogen-bond acceptors (Lipinski definition) is 4. The first kappa shape index (κ1) is 12.8. The number of aromatic nitrogens is 1. The second-order valence-electron chi connectivity index (χ2n) is 3.56. The molecule has 0 aliphatic rings. The van der Waals surface area contributed by atoms with Crippen molar-refractivity contribution in [1.82, 2.24) is 4.98 Å². The van der Waals surface area contributed by atoms with Crippen LogP contribution in [-0.4, -0.2) is 4.98 Å². The van der Waals surface area contributed by atoms with Gasteiger partial charge in [0, 0.05) is 6.20 Å². The summed E-state index contributed by atoms with van der Waals surface area (Å²) in [6.07, 6.45) is 1.42. The van der Waals surface area contributed by atoms with Crippen molar-refractivity contribution in [2.24, 2.45) is 0 Å². The summed E-state index contributed by atoms with van der Waals surface area (Å²) < 4.78 is 13.0. The molecule has 19 heavy (non-hydrogen) atoms. The van der Waals surface area contributed by atoms with Crippen molar-refractivity contribution in [2.45, 2.75) is 0 Å². The molecule has 6 heteroatoms. The zero-order chi connectivity index (χ0) is 13.8. The van der Waals surface area contributed by atoms with Crippen LogP contribution >= 0.6 is 11.6 Å². The molecule has 1 aromatic heterocycles. The number of nitrogens with one attached hydrogen (secondary N) is 1. The van der Waals surface area contributed by atoms with Gasteiger partial charge in [-0.25, -0.2) is 9.37 Å². The molecular weight excluding hydrogens is 267 g/mol. The lowest BCUT2D eigenvalue weighted by Gasteiger charge is -2.09. The number of hydrogen-bond donors (Lipinski definition) is 1. The van der Waals surface area contributed by atoms with Gasteiger partial charge in [-0.1, -0.05) is 11.6 Å². The summed E-state index contributed by atoms with van der Waals surface area (Å²) in [4.78, 5) is 3.98. The van der Waals surface area contributed by atoms with Crippen LogP contribution in [0.2, 0.25) is 5.02 Å². The maximum Gasteiger partial charge on any atom is 0.150 e. The Hall–Kier alpha value is -2.63. The molecule has 2 aromatic rings. The van der Waals surface area contributed by atoms with Crippen molar-refractivity contribution in [3.63, 3.8) is 0 Å². The Bertz CT molecular complexity index is 716. The van der Waals surface area contributed by atoms with Crippen molar-refractivity contribution in [3.8, 4) is 12.1 Å². The van der Waals surface area contributed by atoms with E-state index in [0.29, 0.717) is 5.69 Å². The summed E-state index contributed by atoms with van der Waals surface area (Å²) in [7, 11) is 0. The molecule has 0 radical (unpaired) electrons. The van der Waals surface area contributed by atoms with Crippen LogP contribution in [0.4, 0.5) is 15.9 Å². The fourth-order valence-corrected chi connectivity index (χ4v) is 1.66. The molecule has 0 fully saturated rings. The van der Waals surface area contributed by atoms with Gasteiger partial charge in [-0.15, -0.1) is 0 Å². The zero-order valence-electron chi connectivity index (χ0n) is 9.48. The Labute approximate surface area is 113 Å². The molecule has 0 aliphatic heterocycles. The smallest absolute Gasteiger partial charge is 0.150 e. The molecule has 0 spiro atoms. The van der Waals surface area contributed by atoms with Gasteiger partial charge in [-0.2, -0.15) is 10.5 Å². The average Bonchev–Trinajstić information content (AvgIpc) is 2.42. The van der Waals surface area contributed by atoms with Crippen LogP contribution in [0.25, 0.3) is 0 Å². The monoisotopic (exact) mass is 272 g/mol. The third-order valence-corrected chi connectivity index (χ3v) is 2.75. The van der Waals surface area contributed by atoms with Crippen molar-refractivity contribution in [2.75, 3.05) is 5.32 Å². The largest absolute Gasteiger partial charge is 0.338 e. The number of nitrogens with zero attached hydrogens (tertiary/aromatic N) is 3. The predicted molar refractivity (Wildman–Crippen MR) is 68.4 cm³/mol. The van der Waals surface area contributed by atoms with E-state index in [9.17, 15) is 4.39 Å². The third-order valence-electron chi connectivity index (χ3n) is 2.36. The fourth-order valence-electron chi connectivity index (χ4n) is 1.46. The molecule has 0 saturated carbocycles. The van der Waals surface area contributed by atoms with Crippen molar-refractivity contribution < 1.29 is 4.39 Å². The number of nitriles is 2.